The molecule has 6 nitrogen and oxygen atoms in total. The molecule has 122 valence electrons. The molecular weight excluding hydrogens is 298 g/mol. The van der Waals surface area contributed by atoms with E-state index in [1.54, 1.807) is 0 Å². The van der Waals surface area contributed by atoms with Gasteiger partial charge in [-0.25, -0.2) is 0 Å². The highest BCUT2D eigenvalue weighted by Crippen LogP contribution is 2.40. The van der Waals surface area contributed by atoms with Crippen molar-refractivity contribution in [2.75, 3.05) is 18.5 Å². The van der Waals surface area contributed by atoms with E-state index < -0.39 is 18.3 Å². The van der Waals surface area contributed by atoms with Gasteiger partial charge in [-0.05, 0) is 24.3 Å². The quantitative estimate of drug-likeness (QED) is 0.545. The number of anilines is 2. The predicted octanol–water partition coefficient (Wildman–Crippen LogP) is 1.64. The van der Waals surface area contributed by atoms with Gasteiger partial charge in [0, 0.05) is 0 Å². The monoisotopic (exact) mass is 317 g/mol. The number of rotatable bonds is 1. The minimum Gasteiger partial charge on any atom is -0.453 e. The molecule has 0 bridgehead atoms. The largest absolute Gasteiger partial charge is 0.453 e. The lowest BCUT2D eigenvalue weighted by molar-refractivity contribution is -0.00588. The fourth-order valence-corrected chi connectivity index (χ4v) is 2.41. The Kier molecular flexibility index (Phi) is 4.78. The maximum Gasteiger partial charge on any atom is 0.150 e. The second kappa shape index (κ2) is 6.97. The van der Waals surface area contributed by atoms with Crippen molar-refractivity contribution in [1.29, 1.82) is 0 Å². The summed E-state index contributed by atoms with van der Waals surface area (Å²) in [7, 11) is 0. The zero-order chi connectivity index (χ0) is 16.2. The Balaban J connectivity index is 0.000000151. The van der Waals surface area contributed by atoms with Crippen LogP contribution in [0.1, 0.15) is 0 Å². The first-order chi connectivity index (χ1) is 11.2. The molecule has 2 aliphatic rings. The second-order valence-corrected chi connectivity index (χ2v) is 5.33. The summed E-state index contributed by atoms with van der Waals surface area (Å²) in [6, 6.07) is 15.8. The van der Waals surface area contributed by atoms with Gasteiger partial charge in [0.1, 0.15) is 18.3 Å². The summed E-state index contributed by atoms with van der Waals surface area (Å²) in [5.74, 6) is 1.76. The number of ether oxygens (including phenoxy) is 2. The maximum absolute atomic E-state index is 8.92. The van der Waals surface area contributed by atoms with Gasteiger partial charge in [0.05, 0.1) is 24.6 Å². The average molecular weight is 317 g/mol. The van der Waals surface area contributed by atoms with E-state index in [2.05, 4.69) is 5.32 Å². The van der Waals surface area contributed by atoms with Crippen LogP contribution in [0.3, 0.4) is 0 Å². The van der Waals surface area contributed by atoms with Crippen LogP contribution in [-0.2, 0) is 4.74 Å². The molecule has 0 radical (unpaired) electrons. The van der Waals surface area contributed by atoms with Crippen LogP contribution in [0.4, 0.5) is 11.4 Å². The molecule has 1 fully saturated rings. The zero-order valence-corrected chi connectivity index (χ0v) is 12.4. The Morgan fingerprint density at radius 2 is 1.52 bits per heavy atom. The molecule has 1 saturated heterocycles. The summed E-state index contributed by atoms with van der Waals surface area (Å²) in [5.41, 5.74) is 2.04. The molecule has 0 aromatic heterocycles. The van der Waals surface area contributed by atoms with Crippen LogP contribution >= 0.6 is 0 Å². The van der Waals surface area contributed by atoms with Gasteiger partial charge in [-0.2, -0.15) is 0 Å². The molecule has 0 saturated carbocycles. The van der Waals surface area contributed by atoms with E-state index >= 15 is 0 Å². The smallest absolute Gasteiger partial charge is 0.150 e. The molecule has 6 heteroatoms. The van der Waals surface area contributed by atoms with Crippen LogP contribution in [0.2, 0.25) is 0 Å². The Labute approximate surface area is 133 Å². The maximum atomic E-state index is 8.92. The van der Waals surface area contributed by atoms with Gasteiger partial charge in [-0.3, -0.25) is 0 Å². The summed E-state index contributed by atoms with van der Waals surface area (Å²) in [6.45, 7) is -0.120. The number of hydrogen-bond donors (Lipinski definition) is 4. The van der Waals surface area contributed by atoms with Gasteiger partial charge in [0.2, 0.25) is 0 Å². The van der Waals surface area contributed by atoms with Crippen LogP contribution in [0.25, 0.3) is 0 Å². The highest BCUT2D eigenvalue weighted by molar-refractivity contribution is 5.75. The summed E-state index contributed by atoms with van der Waals surface area (Å²) in [4.78, 5) is 0. The van der Waals surface area contributed by atoms with Crippen LogP contribution in [0.15, 0.2) is 48.5 Å². The van der Waals surface area contributed by atoms with Crippen molar-refractivity contribution in [3.05, 3.63) is 48.5 Å². The van der Waals surface area contributed by atoms with Crippen molar-refractivity contribution in [3.63, 3.8) is 0 Å². The molecule has 3 atom stereocenters. The lowest BCUT2D eigenvalue weighted by atomic mass is 10.2. The van der Waals surface area contributed by atoms with E-state index in [1.165, 1.54) is 0 Å². The second-order valence-electron chi connectivity index (χ2n) is 5.33. The third-order valence-electron chi connectivity index (χ3n) is 3.70. The summed E-state index contributed by atoms with van der Waals surface area (Å²) >= 11 is 0. The molecule has 2 heterocycles. The third kappa shape index (κ3) is 3.46. The number of fused-ring (bicyclic) bond motifs is 2. The number of aliphatic hydroxyl groups excluding tert-OH is 3. The average Bonchev–Trinajstić information content (AvgIpc) is 2.92. The molecule has 2 aromatic rings. The van der Waals surface area contributed by atoms with Crippen LogP contribution in [0.5, 0.6) is 11.5 Å². The third-order valence-corrected chi connectivity index (χ3v) is 3.70. The van der Waals surface area contributed by atoms with Crippen molar-refractivity contribution in [2.45, 2.75) is 18.3 Å². The molecule has 2 aliphatic heterocycles. The SMILES string of the molecule is OC[C@H]1OC[C@H](O)[C@@H]1O.c1ccc2c(c1)Nc1ccccc1O2. The standard InChI is InChI=1S/C12H9NO.C5H10O4/c1-3-7-11-9(5-1)13-10-6-2-4-8-12(10)14-11;6-1-4-5(8)3(7)2-9-4/h1-8,13H;3-8H,1-2H2/t;3-,4+,5-/m.0/s1. The lowest BCUT2D eigenvalue weighted by Crippen LogP contribution is -2.31. The number of hydrogen-bond acceptors (Lipinski definition) is 6. The molecule has 0 spiro atoms. The topological polar surface area (TPSA) is 91.2 Å². The van der Waals surface area contributed by atoms with E-state index in [0.717, 1.165) is 22.9 Å². The molecule has 0 unspecified atom stereocenters. The predicted molar refractivity (Wildman–Crippen MR) is 85.1 cm³/mol. The van der Waals surface area contributed by atoms with E-state index in [-0.39, 0.29) is 13.2 Å². The first kappa shape index (κ1) is 15.8. The number of nitrogens with one attached hydrogen (secondary N) is 1. The van der Waals surface area contributed by atoms with Gasteiger partial charge in [0.25, 0.3) is 0 Å². The van der Waals surface area contributed by atoms with Crippen molar-refractivity contribution in [3.8, 4) is 11.5 Å². The number of aliphatic hydroxyl groups is 3. The van der Waals surface area contributed by atoms with E-state index in [0.29, 0.717) is 0 Å². The Hall–Kier alpha value is -2.12. The Morgan fingerprint density at radius 3 is 1.96 bits per heavy atom. The van der Waals surface area contributed by atoms with Crippen molar-refractivity contribution >= 4 is 11.4 Å². The highest BCUT2D eigenvalue weighted by Gasteiger charge is 2.33. The van der Waals surface area contributed by atoms with Crippen molar-refractivity contribution < 1.29 is 24.8 Å². The summed E-state index contributed by atoms with van der Waals surface area (Å²) in [5, 5.41) is 29.5. The Bertz CT molecular complexity index is 575. The van der Waals surface area contributed by atoms with Crippen LogP contribution in [0, 0.1) is 0 Å². The van der Waals surface area contributed by atoms with Gasteiger partial charge < -0.3 is 30.1 Å². The van der Waals surface area contributed by atoms with Gasteiger partial charge >= 0.3 is 0 Å². The Morgan fingerprint density at radius 1 is 0.957 bits per heavy atom. The van der Waals surface area contributed by atoms with Gasteiger partial charge in [-0.15, -0.1) is 0 Å². The minimum absolute atomic E-state index is 0.117. The molecule has 23 heavy (non-hydrogen) atoms. The van der Waals surface area contributed by atoms with E-state index in [4.69, 9.17) is 24.8 Å². The van der Waals surface area contributed by atoms with Crippen LogP contribution in [-0.4, -0.2) is 46.8 Å². The van der Waals surface area contributed by atoms with E-state index in [1.807, 2.05) is 48.5 Å². The first-order valence-electron chi connectivity index (χ1n) is 7.40. The van der Waals surface area contributed by atoms with Crippen molar-refractivity contribution in [2.24, 2.45) is 0 Å². The summed E-state index contributed by atoms with van der Waals surface area (Å²) < 4.78 is 10.5. The molecule has 4 N–H and O–H groups in total. The van der Waals surface area contributed by atoms with Crippen molar-refractivity contribution in [1.82, 2.24) is 0 Å². The molecule has 0 aliphatic carbocycles. The molecule has 4 rings (SSSR count). The minimum atomic E-state index is -0.921. The fraction of sp³-hybridized carbons (Fsp3) is 0.294. The van der Waals surface area contributed by atoms with Gasteiger partial charge in [0.15, 0.2) is 11.5 Å². The normalized spacial score (nSPS) is 24.4. The number of para-hydroxylation sites is 4. The molecule has 2 aromatic carbocycles. The summed E-state index contributed by atoms with van der Waals surface area (Å²) in [6.07, 6.45) is -2.35. The first-order valence-corrected chi connectivity index (χ1v) is 7.40. The van der Waals surface area contributed by atoms with Crippen LogP contribution < -0.4 is 10.1 Å². The molecular formula is C17H19NO5. The fourth-order valence-electron chi connectivity index (χ4n) is 2.41. The zero-order valence-electron chi connectivity index (χ0n) is 12.4. The van der Waals surface area contributed by atoms with E-state index in [9.17, 15) is 0 Å². The molecule has 0 amide bonds. The highest BCUT2D eigenvalue weighted by atomic mass is 16.5. The van der Waals surface area contributed by atoms with Gasteiger partial charge in [-0.1, -0.05) is 24.3 Å². The lowest BCUT2D eigenvalue weighted by Gasteiger charge is -2.20. The number of benzene rings is 2.